The van der Waals surface area contributed by atoms with Crippen molar-refractivity contribution in [1.29, 1.82) is 0 Å². The highest BCUT2D eigenvalue weighted by Crippen LogP contribution is 2.25. The smallest absolute Gasteiger partial charge is 0.275 e. The number of hydrogen-bond donors (Lipinski definition) is 1. The van der Waals surface area contributed by atoms with Crippen molar-refractivity contribution in [3.8, 4) is 0 Å². The van der Waals surface area contributed by atoms with Gasteiger partial charge in [0.2, 0.25) is 0 Å². The highest BCUT2D eigenvalue weighted by molar-refractivity contribution is 6.54. The molecule has 0 bridgehead atoms. The largest absolute Gasteiger partial charge is 0.545 e. The van der Waals surface area contributed by atoms with E-state index >= 15 is 0 Å². The van der Waals surface area contributed by atoms with Crippen molar-refractivity contribution in [3.05, 3.63) is 59.7 Å². The molecule has 0 saturated heterocycles. The van der Waals surface area contributed by atoms with Crippen LogP contribution in [0.3, 0.4) is 0 Å². The van der Waals surface area contributed by atoms with Crippen LogP contribution in [-0.2, 0) is 4.79 Å². The lowest BCUT2D eigenvalue weighted by atomic mass is 10.1. The molecule has 5 heteroatoms. The molecule has 2 aromatic carbocycles. The third-order valence-electron chi connectivity index (χ3n) is 2.97. The lowest BCUT2D eigenvalue weighted by molar-refractivity contribution is -0.255. The molecule has 0 atom stereocenters. The van der Waals surface area contributed by atoms with E-state index in [4.69, 9.17) is 0 Å². The molecule has 1 aliphatic heterocycles. The second kappa shape index (κ2) is 4.62. The summed E-state index contributed by atoms with van der Waals surface area (Å²) in [5, 5.41) is 13.5. The molecule has 0 aromatic heterocycles. The van der Waals surface area contributed by atoms with Crippen LogP contribution in [0.5, 0.6) is 0 Å². The molecule has 1 heterocycles. The van der Waals surface area contributed by atoms with Gasteiger partial charge in [-0.05, 0) is 23.8 Å². The molecule has 0 aliphatic carbocycles. The number of benzene rings is 2. The van der Waals surface area contributed by atoms with Crippen molar-refractivity contribution in [1.82, 2.24) is 0 Å². The first-order valence-electron chi connectivity index (χ1n) is 5.96. The average molecular weight is 265 g/mol. The van der Waals surface area contributed by atoms with Crippen molar-refractivity contribution >= 4 is 29.0 Å². The number of rotatable bonds is 2. The fourth-order valence-electron chi connectivity index (χ4n) is 2.04. The number of anilines is 1. The zero-order valence-corrected chi connectivity index (χ0v) is 10.3. The Morgan fingerprint density at radius 1 is 1.10 bits per heavy atom. The number of aromatic carboxylic acids is 1. The maximum atomic E-state index is 11.9. The second-order valence-corrected chi connectivity index (χ2v) is 4.30. The highest BCUT2D eigenvalue weighted by Gasteiger charge is 2.25. The molecule has 2 aromatic rings. The summed E-state index contributed by atoms with van der Waals surface area (Å²) in [6.07, 6.45) is 0. The predicted molar refractivity (Wildman–Crippen MR) is 72.0 cm³/mol. The summed E-state index contributed by atoms with van der Waals surface area (Å²) in [4.78, 5) is 26.9. The number of nitrogens with zero attached hydrogens (tertiary/aromatic N) is 1. The van der Waals surface area contributed by atoms with Gasteiger partial charge in [-0.2, -0.15) is 0 Å². The fraction of sp³-hybridized carbons (Fsp3) is 0. The van der Waals surface area contributed by atoms with E-state index in [0.717, 1.165) is 0 Å². The van der Waals surface area contributed by atoms with E-state index in [2.05, 4.69) is 10.3 Å². The maximum Gasteiger partial charge on any atom is 0.275 e. The monoisotopic (exact) mass is 265 g/mol. The van der Waals surface area contributed by atoms with Crippen LogP contribution in [-0.4, -0.2) is 17.6 Å². The van der Waals surface area contributed by atoms with Crippen LogP contribution in [0.1, 0.15) is 15.9 Å². The molecule has 3 rings (SSSR count). The van der Waals surface area contributed by atoms with E-state index in [9.17, 15) is 14.7 Å². The first-order chi connectivity index (χ1) is 9.65. The molecule has 5 nitrogen and oxygen atoms in total. The Morgan fingerprint density at radius 3 is 2.70 bits per heavy atom. The molecular formula is C15H9N2O3-. The molecule has 20 heavy (non-hydrogen) atoms. The molecule has 0 fully saturated rings. The molecule has 1 amide bonds. The van der Waals surface area contributed by atoms with Gasteiger partial charge in [0.1, 0.15) is 5.71 Å². The van der Waals surface area contributed by atoms with Gasteiger partial charge in [-0.25, -0.2) is 4.99 Å². The van der Waals surface area contributed by atoms with Gasteiger partial charge in [-0.15, -0.1) is 0 Å². The van der Waals surface area contributed by atoms with Crippen LogP contribution < -0.4 is 10.4 Å². The predicted octanol–water partition coefficient (Wildman–Crippen LogP) is 1.12. The van der Waals surface area contributed by atoms with Gasteiger partial charge in [0.15, 0.2) is 0 Å². The normalized spacial score (nSPS) is 15.0. The van der Waals surface area contributed by atoms with Crippen LogP contribution in [0.2, 0.25) is 0 Å². The fourth-order valence-corrected chi connectivity index (χ4v) is 2.04. The Morgan fingerprint density at radius 2 is 1.90 bits per heavy atom. The third kappa shape index (κ3) is 2.05. The van der Waals surface area contributed by atoms with Gasteiger partial charge in [0.05, 0.1) is 17.3 Å². The Bertz CT molecular complexity index is 750. The SMILES string of the molecule is O=C1Nc2ccccc2C1=Nc1cccc(C(=O)[O-])c1. The van der Waals surface area contributed by atoms with E-state index in [1.54, 1.807) is 24.3 Å². The number of carboxylic acids is 1. The van der Waals surface area contributed by atoms with E-state index in [0.29, 0.717) is 16.9 Å². The Labute approximate surface area is 114 Å². The summed E-state index contributed by atoms with van der Waals surface area (Å²) in [5.74, 6) is -1.58. The van der Waals surface area contributed by atoms with E-state index < -0.39 is 5.97 Å². The molecule has 0 radical (unpaired) electrons. The minimum atomic E-state index is -1.27. The Balaban J connectivity index is 2.07. The zero-order chi connectivity index (χ0) is 14.1. The minimum Gasteiger partial charge on any atom is -0.545 e. The number of carbonyl (C=O) groups is 2. The molecular weight excluding hydrogens is 256 g/mol. The number of carboxylic acid groups (broad SMARTS) is 1. The van der Waals surface area contributed by atoms with Crippen LogP contribution in [0, 0.1) is 0 Å². The number of carbonyl (C=O) groups excluding carboxylic acids is 2. The number of aliphatic imine (C=N–C) groups is 1. The third-order valence-corrected chi connectivity index (χ3v) is 2.97. The Hall–Kier alpha value is -2.95. The second-order valence-electron chi connectivity index (χ2n) is 4.30. The molecule has 1 N–H and O–H groups in total. The first kappa shape index (κ1) is 12.1. The molecule has 98 valence electrons. The molecule has 0 unspecified atom stereocenters. The lowest BCUT2D eigenvalue weighted by Gasteiger charge is -2.03. The number of para-hydroxylation sites is 1. The van der Waals surface area contributed by atoms with Crippen molar-refractivity contribution in [3.63, 3.8) is 0 Å². The van der Waals surface area contributed by atoms with Crippen LogP contribution in [0.15, 0.2) is 53.5 Å². The topological polar surface area (TPSA) is 81.6 Å². The minimum absolute atomic E-state index is 0.0264. The summed E-state index contributed by atoms with van der Waals surface area (Å²) in [7, 11) is 0. The number of nitrogens with one attached hydrogen (secondary N) is 1. The van der Waals surface area contributed by atoms with Crippen LogP contribution in [0.25, 0.3) is 0 Å². The van der Waals surface area contributed by atoms with Crippen molar-refractivity contribution < 1.29 is 14.7 Å². The first-order valence-corrected chi connectivity index (χ1v) is 5.96. The number of fused-ring (bicyclic) bond motifs is 1. The lowest BCUT2D eigenvalue weighted by Crippen LogP contribution is -2.21. The van der Waals surface area contributed by atoms with Crippen molar-refractivity contribution in [2.75, 3.05) is 5.32 Å². The molecule has 1 aliphatic rings. The van der Waals surface area contributed by atoms with E-state index in [1.807, 2.05) is 12.1 Å². The summed E-state index contributed by atoms with van der Waals surface area (Å²) >= 11 is 0. The van der Waals surface area contributed by atoms with Gasteiger partial charge in [0, 0.05) is 5.56 Å². The summed E-state index contributed by atoms with van der Waals surface area (Å²) in [5.41, 5.74) is 2.10. The zero-order valence-electron chi connectivity index (χ0n) is 10.3. The highest BCUT2D eigenvalue weighted by atomic mass is 16.4. The number of amides is 1. The van der Waals surface area contributed by atoms with Crippen LogP contribution in [0.4, 0.5) is 11.4 Å². The summed E-state index contributed by atoms with van der Waals surface area (Å²) in [6.45, 7) is 0. The van der Waals surface area contributed by atoms with Gasteiger partial charge in [-0.3, -0.25) is 4.79 Å². The summed E-state index contributed by atoms with van der Waals surface area (Å²) < 4.78 is 0. The molecule has 0 spiro atoms. The van der Waals surface area contributed by atoms with E-state index in [-0.39, 0.29) is 17.2 Å². The number of hydrogen-bond acceptors (Lipinski definition) is 4. The standard InChI is InChI=1S/C15H10N2O3/c18-14-13(11-6-1-2-7-12(11)17-14)16-10-5-3-4-9(8-10)15(19)20/h1-8H,(H,19,20)(H,16,17,18)/p-1. The molecule has 0 saturated carbocycles. The van der Waals surface area contributed by atoms with Crippen molar-refractivity contribution in [2.24, 2.45) is 4.99 Å². The van der Waals surface area contributed by atoms with Gasteiger partial charge in [-0.1, -0.05) is 30.3 Å². The Kier molecular flexibility index (Phi) is 2.80. The maximum absolute atomic E-state index is 11.9. The average Bonchev–Trinajstić information content (AvgIpc) is 2.76. The summed E-state index contributed by atoms with van der Waals surface area (Å²) in [6, 6.07) is 13.2. The van der Waals surface area contributed by atoms with E-state index in [1.165, 1.54) is 12.1 Å². The van der Waals surface area contributed by atoms with Gasteiger partial charge >= 0.3 is 0 Å². The van der Waals surface area contributed by atoms with Crippen molar-refractivity contribution in [2.45, 2.75) is 0 Å². The van der Waals surface area contributed by atoms with Gasteiger partial charge < -0.3 is 15.2 Å². The quantitative estimate of drug-likeness (QED) is 0.883. The van der Waals surface area contributed by atoms with Gasteiger partial charge in [0.25, 0.3) is 5.91 Å². The van der Waals surface area contributed by atoms with Crippen LogP contribution >= 0.6 is 0 Å².